The first-order chi connectivity index (χ1) is 14.8. The molecule has 0 saturated carbocycles. The molecule has 2 aromatic carbocycles. The van der Waals surface area contributed by atoms with Gasteiger partial charge in [-0.3, -0.25) is 19.7 Å². The van der Waals surface area contributed by atoms with Crippen molar-refractivity contribution in [2.45, 2.75) is 31.1 Å². The predicted octanol–water partition coefficient (Wildman–Crippen LogP) is 3.45. The third-order valence-corrected chi connectivity index (χ3v) is 5.77. The van der Waals surface area contributed by atoms with Crippen molar-refractivity contribution in [2.75, 3.05) is 7.11 Å². The van der Waals surface area contributed by atoms with E-state index in [1.165, 1.54) is 31.4 Å². The zero-order valence-corrected chi connectivity index (χ0v) is 16.6. The second-order valence-corrected chi connectivity index (χ2v) is 7.63. The molecule has 0 saturated heterocycles. The summed E-state index contributed by atoms with van der Waals surface area (Å²) in [5, 5.41) is 24.2. The number of rotatable bonds is 4. The molecule has 2 N–H and O–H groups in total. The van der Waals surface area contributed by atoms with Crippen LogP contribution in [0.1, 0.15) is 42.2 Å². The molecule has 2 aliphatic rings. The number of phenolic OH excluding ortho intramolecular Hbond substituents is 1. The standard InChI is InChI=1S/C22H19FN2O6/c1-31-19-9-13(7-17(22(19)28)25(29)30)15-10-20(27)24-16-6-12(8-18(26)21(15)16)11-2-4-14(23)5-3-11/h2-5,7,9,12,15,28H,6,8,10H2,1H3,(H,24,27)/t12-,15-/m1/s1. The number of methoxy groups -OCH3 is 1. The molecule has 1 aliphatic carbocycles. The Morgan fingerprint density at radius 2 is 1.84 bits per heavy atom. The molecule has 2 atom stereocenters. The zero-order chi connectivity index (χ0) is 22.3. The number of phenols is 1. The Kier molecular flexibility index (Phi) is 5.18. The number of ketones is 1. The average molecular weight is 426 g/mol. The normalized spacial score (nSPS) is 20.8. The van der Waals surface area contributed by atoms with E-state index in [1.807, 2.05) is 0 Å². The highest BCUT2D eigenvalue weighted by Crippen LogP contribution is 2.46. The van der Waals surface area contributed by atoms with E-state index in [1.54, 1.807) is 12.1 Å². The molecular formula is C22H19FN2O6. The first kappa shape index (κ1) is 20.5. The van der Waals surface area contributed by atoms with E-state index in [-0.39, 0.29) is 42.0 Å². The van der Waals surface area contributed by atoms with Crippen LogP contribution in [0.4, 0.5) is 10.1 Å². The molecule has 0 fully saturated rings. The maximum atomic E-state index is 13.3. The number of nitro benzene ring substituents is 1. The van der Waals surface area contributed by atoms with Crippen LogP contribution in [0.5, 0.6) is 11.5 Å². The summed E-state index contributed by atoms with van der Waals surface area (Å²) in [6.07, 6.45) is 0.497. The lowest BCUT2D eigenvalue weighted by Crippen LogP contribution is -2.38. The Morgan fingerprint density at radius 3 is 2.48 bits per heavy atom. The van der Waals surface area contributed by atoms with E-state index in [9.17, 15) is 29.2 Å². The van der Waals surface area contributed by atoms with E-state index >= 15 is 0 Å². The van der Waals surface area contributed by atoms with Gasteiger partial charge in [0.15, 0.2) is 11.5 Å². The summed E-state index contributed by atoms with van der Waals surface area (Å²) in [5.41, 5.74) is 1.45. The molecular weight excluding hydrogens is 407 g/mol. The molecule has 8 nitrogen and oxygen atoms in total. The van der Waals surface area contributed by atoms with Gasteiger partial charge in [-0.15, -0.1) is 0 Å². The number of nitrogens with zero attached hydrogens (tertiary/aromatic N) is 1. The first-order valence-corrected chi connectivity index (χ1v) is 9.65. The number of Topliss-reactive ketones (excluding diaryl/α,β-unsaturated/α-hetero) is 1. The Bertz CT molecular complexity index is 1130. The minimum Gasteiger partial charge on any atom is -0.500 e. The number of nitro groups is 1. The molecule has 0 aromatic heterocycles. The summed E-state index contributed by atoms with van der Waals surface area (Å²) in [4.78, 5) is 36.1. The maximum absolute atomic E-state index is 13.3. The largest absolute Gasteiger partial charge is 0.500 e. The fraction of sp³-hybridized carbons (Fsp3) is 0.273. The van der Waals surface area contributed by atoms with Gasteiger partial charge in [-0.2, -0.15) is 0 Å². The minimum absolute atomic E-state index is 0.0587. The van der Waals surface area contributed by atoms with Gasteiger partial charge in [-0.25, -0.2) is 4.39 Å². The van der Waals surface area contributed by atoms with Crippen molar-refractivity contribution in [3.63, 3.8) is 0 Å². The lowest BCUT2D eigenvalue weighted by molar-refractivity contribution is -0.386. The molecule has 0 radical (unpaired) electrons. The van der Waals surface area contributed by atoms with Crippen LogP contribution in [0.15, 0.2) is 47.7 Å². The van der Waals surface area contributed by atoms with Gasteiger partial charge in [0.2, 0.25) is 11.7 Å². The molecule has 1 heterocycles. The molecule has 1 amide bonds. The molecule has 0 spiro atoms. The molecule has 31 heavy (non-hydrogen) atoms. The molecule has 9 heteroatoms. The summed E-state index contributed by atoms with van der Waals surface area (Å²) in [7, 11) is 1.26. The maximum Gasteiger partial charge on any atom is 0.314 e. The number of carbonyl (C=O) groups excluding carboxylic acids is 2. The number of hydrogen-bond donors (Lipinski definition) is 2. The Balaban J connectivity index is 1.77. The Labute approximate surface area is 176 Å². The van der Waals surface area contributed by atoms with E-state index in [2.05, 4.69) is 5.32 Å². The van der Waals surface area contributed by atoms with Crippen molar-refractivity contribution in [3.05, 3.63) is 74.7 Å². The highest BCUT2D eigenvalue weighted by atomic mass is 19.1. The van der Waals surface area contributed by atoms with Gasteiger partial charge >= 0.3 is 5.69 Å². The van der Waals surface area contributed by atoms with Gasteiger partial charge in [0.05, 0.1) is 12.0 Å². The highest BCUT2D eigenvalue weighted by molar-refractivity contribution is 6.02. The van der Waals surface area contributed by atoms with Crippen LogP contribution in [0, 0.1) is 15.9 Å². The SMILES string of the molecule is COc1cc([C@H]2CC(=O)NC3=C2C(=O)C[C@H](c2ccc(F)cc2)C3)cc([N+](=O)[O-])c1O. The number of nitrogens with one attached hydrogen (secondary N) is 1. The van der Waals surface area contributed by atoms with Crippen LogP contribution in [0.2, 0.25) is 0 Å². The third-order valence-electron chi connectivity index (χ3n) is 5.77. The molecule has 0 bridgehead atoms. The van der Waals surface area contributed by atoms with Crippen LogP contribution in [-0.2, 0) is 9.59 Å². The van der Waals surface area contributed by atoms with Crippen LogP contribution in [0.3, 0.4) is 0 Å². The van der Waals surface area contributed by atoms with Crippen molar-refractivity contribution in [1.29, 1.82) is 0 Å². The van der Waals surface area contributed by atoms with Crippen molar-refractivity contribution in [1.82, 2.24) is 5.32 Å². The van der Waals surface area contributed by atoms with Crippen LogP contribution >= 0.6 is 0 Å². The number of benzene rings is 2. The van der Waals surface area contributed by atoms with Gasteiger partial charge in [-0.1, -0.05) is 12.1 Å². The highest BCUT2D eigenvalue weighted by Gasteiger charge is 2.39. The van der Waals surface area contributed by atoms with Crippen LogP contribution in [-0.4, -0.2) is 28.8 Å². The second-order valence-electron chi connectivity index (χ2n) is 7.63. The van der Waals surface area contributed by atoms with Crippen molar-refractivity contribution in [3.8, 4) is 11.5 Å². The minimum atomic E-state index is -0.743. The van der Waals surface area contributed by atoms with E-state index < -0.39 is 22.3 Å². The number of allylic oxidation sites excluding steroid dienone is 2. The van der Waals surface area contributed by atoms with Gasteiger partial charge in [0, 0.05) is 36.1 Å². The van der Waals surface area contributed by atoms with E-state index in [0.29, 0.717) is 23.3 Å². The fourth-order valence-corrected chi connectivity index (χ4v) is 4.33. The summed E-state index contributed by atoms with van der Waals surface area (Å²) < 4.78 is 18.3. The number of carbonyl (C=O) groups is 2. The van der Waals surface area contributed by atoms with Crippen molar-refractivity contribution >= 4 is 17.4 Å². The van der Waals surface area contributed by atoms with Crippen molar-refractivity contribution < 1.29 is 28.7 Å². The summed E-state index contributed by atoms with van der Waals surface area (Å²) in [6, 6.07) is 8.48. The van der Waals surface area contributed by atoms with Gasteiger partial charge in [0.1, 0.15) is 5.82 Å². The molecule has 160 valence electrons. The lowest BCUT2D eigenvalue weighted by atomic mass is 9.73. The average Bonchev–Trinajstić information content (AvgIpc) is 2.73. The fourth-order valence-electron chi connectivity index (χ4n) is 4.33. The summed E-state index contributed by atoms with van der Waals surface area (Å²) >= 11 is 0. The Morgan fingerprint density at radius 1 is 1.13 bits per heavy atom. The third kappa shape index (κ3) is 3.74. The van der Waals surface area contributed by atoms with Crippen LogP contribution < -0.4 is 10.1 Å². The topological polar surface area (TPSA) is 119 Å². The zero-order valence-electron chi connectivity index (χ0n) is 16.6. The predicted molar refractivity (Wildman–Crippen MR) is 107 cm³/mol. The number of ether oxygens (including phenoxy) is 1. The molecule has 2 aromatic rings. The summed E-state index contributed by atoms with van der Waals surface area (Å²) in [6.45, 7) is 0. The lowest BCUT2D eigenvalue weighted by Gasteiger charge is -2.34. The molecule has 4 rings (SSSR count). The second kappa shape index (κ2) is 7.82. The van der Waals surface area contributed by atoms with Crippen LogP contribution in [0.25, 0.3) is 0 Å². The van der Waals surface area contributed by atoms with Gasteiger partial charge in [-0.05, 0) is 41.7 Å². The van der Waals surface area contributed by atoms with Gasteiger partial charge in [0.25, 0.3) is 0 Å². The smallest absolute Gasteiger partial charge is 0.314 e. The van der Waals surface area contributed by atoms with E-state index in [4.69, 9.17) is 4.74 Å². The van der Waals surface area contributed by atoms with Crippen molar-refractivity contribution in [2.24, 2.45) is 0 Å². The quantitative estimate of drug-likeness (QED) is 0.571. The van der Waals surface area contributed by atoms with Gasteiger partial charge < -0.3 is 15.2 Å². The number of halogens is 1. The summed E-state index contributed by atoms with van der Waals surface area (Å²) in [5.74, 6) is -2.50. The Hall–Kier alpha value is -3.75. The first-order valence-electron chi connectivity index (χ1n) is 9.65. The number of aromatic hydroxyl groups is 1. The molecule has 1 aliphatic heterocycles. The van der Waals surface area contributed by atoms with E-state index in [0.717, 1.165) is 5.56 Å². The molecule has 0 unspecified atom stereocenters. The number of hydrogen-bond acceptors (Lipinski definition) is 6. The monoisotopic (exact) mass is 426 g/mol. The number of amides is 1.